The second kappa shape index (κ2) is 4.65. The first-order valence-electron chi connectivity index (χ1n) is 6.43. The van der Waals surface area contributed by atoms with Crippen molar-refractivity contribution in [2.45, 2.75) is 38.6 Å². The van der Waals surface area contributed by atoms with E-state index in [0.717, 1.165) is 11.4 Å². The van der Waals surface area contributed by atoms with E-state index < -0.39 is 0 Å². The number of hydrogen-bond donors (Lipinski definition) is 1. The van der Waals surface area contributed by atoms with Gasteiger partial charge in [-0.15, -0.1) is 11.3 Å². The van der Waals surface area contributed by atoms with E-state index in [1.54, 1.807) is 11.3 Å². The summed E-state index contributed by atoms with van der Waals surface area (Å²) in [4.78, 5) is 4.31. The highest BCUT2D eigenvalue weighted by molar-refractivity contribution is 7.16. The Labute approximate surface area is 106 Å². The van der Waals surface area contributed by atoms with E-state index in [9.17, 15) is 0 Å². The maximum atomic E-state index is 4.31. The molecule has 0 spiro atoms. The predicted molar refractivity (Wildman–Crippen MR) is 74.7 cm³/mol. The molecule has 0 amide bonds. The van der Waals surface area contributed by atoms with E-state index in [2.05, 4.69) is 35.4 Å². The maximum absolute atomic E-state index is 4.31. The van der Waals surface area contributed by atoms with Crippen molar-refractivity contribution in [1.82, 2.24) is 4.98 Å². The highest BCUT2D eigenvalue weighted by atomic mass is 32.1. The van der Waals surface area contributed by atoms with Crippen molar-refractivity contribution in [2.24, 2.45) is 5.92 Å². The molecule has 1 aliphatic rings. The Morgan fingerprint density at radius 2 is 2.18 bits per heavy atom. The van der Waals surface area contributed by atoms with E-state index in [1.807, 2.05) is 5.51 Å². The molecule has 0 radical (unpaired) electrons. The number of benzene rings is 1. The Morgan fingerprint density at radius 1 is 1.29 bits per heavy atom. The van der Waals surface area contributed by atoms with Gasteiger partial charge in [-0.3, -0.25) is 0 Å². The van der Waals surface area contributed by atoms with Gasteiger partial charge in [0.2, 0.25) is 0 Å². The monoisotopic (exact) mass is 246 g/mol. The fraction of sp³-hybridized carbons (Fsp3) is 0.500. The van der Waals surface area contributed by atoms with Crippen molar-refractivity contribution >= 4 is 27.2 Å². The Kier molecular flexibility index (Phi) is 3.02. The molecule has 2 atom stereocenters. The molecule has 2 aromatic rings. The normalized spacial score (nSPS) is 25.0. The van der Waals surface area contributed by atoms with Gasteiger partial charge >= 0.3 is 0 Å². The van der Waals surface area contributed by atoms with Crippen LogP contribution in [-0.4, -0.2) is 11.0 Å². The van der Waals surface area contributed by atoms with E-state index in [1.165, 1.54) is 36.1 Å². The summed E-state index contributed by atoms with van der Waals surface area (Å²) in [6, 6.07) is 7.15. The summed E-state index contributed by atoms with van der Waals surface area (Å²) < 4.78 is 1.28. The number of aromatic nitrogens is 1. The van der Waals surface area contributed by atoms with E-state index >= 15 is 0 Å². The fourth-order valence-corrected chi connectivity index (χ4v) is 3.41. The molecule has 17 heavy (non-hydrogen) atoms. The summed E-state index contributed by atoms with van der Waals surface area (Å²) in [5.74, 6) is 0.793. The second-order valence-corrected chi connectivity index (χ2v) is 5.93. The minimum atomic E-state index is 0.647. The first kappa shape index (κ1) is 11.0. The number of nitrogens with one attached hydrogen (secondary N) is 1. The molecule has 1 aliphatic carbocycles. The number of hydrogen-bond acceptors (Lipinski definition) is 3. The van der Waals surface area contributed by atoms with Crippen molar-refractivity contribution in [3.05, 3.63) is 23.7 Å². The topological polar surface area (TPSA) is 24.9 Å². The molecule has 1 aromatic carbocycles. The minimum Gasteiger partial charge on any atom is -0.382 e. The molecule has 2 nitrogen and oxygen atoms in total. The second-order valence-electron chi connectivity index (χ2n) is 5.05. The van der Waals surface area contributed by atoms with Gasteiger partial charge in [0.15, 0.2) is 0 Å². The van der Waals surface area contributed by atoms with Crippen LogP contribution >= 0.6 is 11.3 Å². The largest absolute Gasteiger partial charge is 0.382 e. The number of thiazole rings is 1. The van der Waals surface area contributed by atoms with Crippen LogP contribution in [0.3, 0.4) is 0 Å². The third-order valence-corrected chi connectivity index (χ3v) is 4.59. The summed E-state index contributed by atoms with van der Waals surface area (Å²) in [7, 11) is 0. The number of rotatable bonds is 2. The molecule has 1 saturated carbocycles. The van der Waals surface area contributed by atoms with Crippen LogP contribution in [0.25, 0.3) is 10.2 Å². The molecule has 3 rings (SSSR count). The van der Waals surface area contributed by atoms with Gasteiger partial charge < -0.3 is 5.32 Å². The zero-order valence-electron chi connectivity index (χ0n) is 10.1. The SMILES string of the molecule is CC1CCCCC1Nc1ccc2ncsc2c1. The van der Waals surface area contributed by atoms with Crippen LogP contribution in [0.2, 0.25) is 0 Å². The van der Waals surface area contributed by atoms with Gasteiger partial charge in [0.25, 0.3) is 0 Å². The van der Waals surface area contributed by atoms with E-state index in [-0.39, 0.29) is 0 Å². The Bertz CT molecular complexity index is 506. The van der Waals surface area contributed by atoms with E-state index in [4.69, 9.17) is 0 Å². The average Bonchev–Trinajstić information content (AvgIpc) is 2.79. The van der Waals surface area contributed by atoms with Crippen molar-refractivity contribution in [3.63, 3.8) is 0 Å². The zero-order chi connectivity index (χ0) is 11.7. The number of nitrogens with zero attached hydrogens (tertiary/aromatic N) is 1. The molecule has 0 bridgehead atoms. The van der Waals surface area contributed by atoms with Crippen LogP contribution in [0, 0.1) is 5.92 Å². The molecule has 1 N–H and O–H groups in total. The van der Waals surface area contributed by atoms with Gasteiger partial charge in [0.1, 0.15) is 0 Å². The lowest BCUT2D eigenvalue weighted by Crippen LogP contribution is -2.30. The fourth-order valence-electron chi connectivity index (χ4n) is 2.69. The van der Waals surface area contributed by atoms with Crippen molar-refractivity contribution in [1.29, 1.82) is 0 Å². The number of anilines is 1. The molecule has 1 heterocycles. The molecule has 1 fully saturated rings. The smallest absolute Gasteiger partial charge is 0.0813 e. The van der Waals surface area contributed by atoms with Gasteiger partial charge in [-0.2, -0.15) is 0 Å². The minimum absolute atomic E-state index is 0.647. The van der Waals surface area contributed by atoms with Gasteiger partial charge in [0.05, 0.1) is 15.7 Å². The summed E-state index contributed by atoms with van der Waals surface area (Å²) in [5.41, 5.74) is 4.27. The van der Waals surface area contributed by atoms with Crippen LogP contribution in [0.4, 0.5) is 5.69 Å². The Morgan fingerprint density at radius 3 is 3.06 bits per heavy atom. The van der Waals surface area contributed by atoms with Gasteiger partial charge in [-0.25, -0.2) is 4.98 Å². The third-order valence-electron chi connectivity index (χ3n) is 3.79. The lowest BCUT2D eigenvalue weighted by Gasteiger charge is -2.30. The number of fused-ring (bicyclic) bond motifs is 1. The Hall–Kier alpha value is -1.09. The molecular formula is C14H18N2S. The molecular weight excluding hydrogens is 228 g/mol. The van der Waals surface area contributed by atoms with Gasteiger partial charge in [-0.05, 0) is 37.0 Å². The van der Waals surface area contributed by atoms with Crippen LogP contribution in [0.15, 0.2) is 23.7 Å². The molecule has 2 unspecified atom stereocenters. The van der Waals surface area contributed by atoms with Gasteiger partial charge in [-0.1, -0.05) is 19.8 Å². The first-order chi connectivity index (χ1) is 8.33. The quantitative estimate of drug-likeness (QED) is 0.855. The molecule has 0 aliphatic heterocycles. The summed E-state index contributed by atoms with van der Waals surface area (Å²) >= 11 is 1.71. The van der Waals surface area contributed by atoms with Crippen LogP contribution < -0.4 is 5.32 Å². The highest BCUT2D eigenvalue weighted by Gasteiger charge is 2.20. The Balaban J connectivity index is 1.79. The standard InChI is InChI=1S/C14H18N2S/c1-10-4-2-3-5-12(10)16-11-6-7-13-14(8-11)17-9-15-13/h6-10,12,16H,2-5H2,1H3. The first-order valence-corrected chi connectivity index (χ1v) is 7.31. The summed E-state index contributed by atoms with van der Waals surface area (Å²) in [5, 5.41) is 3.69. The van der Waals surface area contributed by atoms with E-state index in [0.29, 0.717) is 6.04 Å². The third kappa shape index (κ3) is 2.29. The lowest BCUT2D eigenvalue weighted by molar-refractivity contribution is 0.349. The van der Waals surface area contributed by atoms with Gasteiger partial charge in [0, 0.05) is 11.7 Å². The summed E-state index contributed by atoms with van der Waals surface area (Å²) in [6.45, 7) is 2.36. The molecule has 90 valence electrons. The van der Waals surface area contributed by atoms with Crippen LogP contribution in [-0.2, 0) is 0 Å². The van der Waals surface area contributed by atoms with Crippen molar-refractivity contribution in [2.75, 3.05) is 5.32 Å². The molecule has 0 saturated heterocycles. The highest BCUT2D eigenvalue weighted by Crippen LogP contribution is 2.28. The predicted octanol–water partition coefficient (Wildman–Crippen LogP) is 4.29. The zero-order valence-corrected chi connectivity index (χ0v) is 11.0. The van der Waals surface area contributed by atoms with Crippen molar-refractivity contribution < 1.29 is 0 Å². The van der Waals surface area contributed by atoms with Crippen LogP contribution in [0.1, 0.15) is 32.6 Å². The molecule has 3 heteroatoms. The summed E-state index contributed by atoms with van der Waals surface area (Å²) in [6.07, 6.45) is 5.43. The van der Waals surface area contributed by atoms with Crippen LogP contribution in [0.5, 0.6) is 0 Å². The lowest BCUT2D eigenvalue weighted by atomic mass is 9.86. The average molecular weight is 246 g/mol. The molecule has 1 aromatic heterocycles. The van der Waals surface area contributed by atoms with Crippen molar-refractivity contribution in [3.8, 4) is 0 Å². The maximum Gasteiger partial charge on any atom is 0.0813 e.